The number of nitrogens with zero attached hydrogens (tertiary/aromatic N) is 4. The van der Waals surface area contributed by atoms with Crippen molar-refractivity contribution >= 4 is 17.5 Å². The van der Waals surface area contributed by atoms with E-state index in [0.717, 1.165) is 36.3 Å². The lowest BCUT2D eigenvalue weighted by atomic mass is 9.98. The Hall–Kier alpha value is -2.90. The highest BCUT2D eigenvalue weighted by Crippen LogP contribution is 2.36. The summed E-state index contributed by atoms with van der Waals surface area (Å²) in [7, 11) is 0. The molecule has 3 aromatic rings. The second-order valence-corrected chi connectivity index (χ2v) is 10.4. The number of benzene rings is 1. The highest BCUT2D eigenvalue weighted by atomic mass is 32.1. The third kappa shape index (κ3) is 5.74. The molecule has 0 spiro atoms. The Morgan fingerprint density at radius 2 is 1.76 bits per heavy atom. The molecular weight excluding hydrogens is 530 g/mol. The minimum absolute atomic E-state index is 0.0219. The minimum Gasteiger partial charge on any atom is -0.376 e. The van der Waals surface area contributed by atoms with E-state index in [2.05, 4.69) is 34.8 Å². The summed E-state index contributed by atoms with van der Waals surface area (Å²) in [6.07, 6.45) is -6.27. The van der Waals surface area contributed by atoms with E-state index >= 15 is 0 Å². The van der Waals surface area contributed by atoms with E-state index in [4.69, 9.17) is 4.98 Å². The molecule has 6 nitrogen and oxygen atoms in total. The Balaban J connectivity index is 1.21. The maximum Gasteiger partial charge on any atom is 0.435 e. The van der Waals surface area contributed by atoms with Crippen LogP contribution in [0, 0.1) is 0 Å². The molecule has 38 heavy (non-hydrogen) atoms. The van der Waals surface area contributed by atoms with Crippen molar-refractivity contribution in [2.24, 2.45) is 0 Å². The lowest BCUT2D eigenvalue weighted by Gasteiger charge is -2.30. The number of halogens is 6. The number of thiazole rings is 1. The largest absolute Gasteiger partial charge is 0.435 e. The first-order valence-electron chi connectivity index (χ1n) is 12.2. The lowest BCUT2D eigenvalue weighted by Crippen LogP contribution is -2.33. The molecule has 2 atom stereocenters. The van der Waals surface area contributed by atoms with E-state index in [1.165, 1.54) is 17.3 Å². The van der Waals surface area contributed by atoms with Crippen molar-refractivity contribution in [2.75, 3.05) is 13.1 Å². The Morgan fingerprint density at radius 1 is 1.03 bits per heavy atom. The van der Waals surface area contributed by atoms with Crippen LogP contribution in [0.2, 0.25) is 0 Å². The zero-order valence-electron chi connectivity index (χ0n) is 20.4. The maximum absolute atomic E-state index is 13.2. The van der Waals surface area contributed by atoms with Gasteiger partial charge in [0.1, 0.15) is 11.9 Å². The summed E-state index contributed by atoms with van der Waals surface area (Å²) in [5.74, 6) is 0.200. The molecule has 2 aliphatic rings. The number of rotatable bonds is 4. The lowest BCUT2D eigenvalue weighted by molar-refractivity contribution is -0.143. The van der Waals surface area contributed by atoms with Gasteiger partial charge in [0, 0.05) is 55.4 Å². The van der Waals surface area contributed by atoms with Gasteiger partial charge in [0.2, 0.25) is 0 Å². The molecule has 0 aliphatic carbocycles. The summed E-state index contributed by atoms with van der Waals surface area (Å²) in [6, 6.07) is 8.48. The summed E-state index contributed by atoms with van der Waals surface area (Å²) in [5.41, 5.74) is 0.377. The average Bonchev–Trinajstić information content (AvgIpc) is 3.50. The SMILES string of the molecule is CC1NC(c2csc(C3CCN(C=Cn4nc(C(F)(F)F)cc4C(F)(F)F)CC3)n2)NCc2ccccc21. The van der Waals surface area contributed by atoms with Gasteiger partial charge in [-0.2, -0.15) is 31.4 Å². The van der Waals surface area contributed by atoms with Crippen molar-refractivity contribution < 1.29 is 26.3 Å². The van der Waals surface area contributed by atoms with Crippen LogP contribution in [0.15, 0.2) is 41.9 Å². The molecule has 13 heteroatoms. The summed E-state index contributed by atoms with van der Waals surface area (Å²) in [6.45, 7) is 3.93. The predicted octanol–water partition coefficient (Wildman–Crippen LogP) is 6.14. The zero-order chi connectivity index (χ0) is 27.1. The summed E-state index contributed by atoms with van der Waals surface area (Å²) >= 11 is 1.59. The van der Waals surface area contributed by atoms with E-state index in [9.17, 15) is 26.3 Å². The third-order valence-electron chi connectivity index (χ3n) is 6.88. The minimum atomic E-state index is -4.96. The van der Waals surface area contributed by atoms with Crippen molar-refractivity contribution in [3.8, 4) is 0 Å². The Labute approximate surface area is 219 Å². The molecule has 1 aromatic carbocycles. The van der Waals surface area contributed by atoms with Crippen LogP contribution in [0.25, 0.3) is 6.20 Å². The molecular formula is C25H26F6N6S. The zero-order valence-corrected chi connectivity index (χ0v) is 21.2. The van der Waals surface area contributed by atoms with Crippen LogP contribution in [0.5, 0.6) is 0 Å². The van der Waals surface area contributed by atoms with Crippen LogP contribution >= 0.6 is 11.3 Å². The van der Waals surface area contributed by atoms with E-state index in [-0.39, 0.29) is 28.9 Å². The van der Waals surface area contributed by atoms with E-state index in [0.29, 0.717) is 13.1 Å². The topological polar surface area (TPSA) is 58.0 Å². The number of alkyl halides is 6. The molecule has 2 N–H and O–H groups in total. The van der Waals surface area contributed by atoms with Gasteiger partial charge in [-0.1, -0.05) is 24.3 Å². The fourth-order valence-corrected chi connectivity index (χ4v) is 5.87. The monoisotopic (exact) mass is 556 g/mol. The van der Waals surface area contributed by atoms with Crippen LogP contribution in [0.1, 0.15) is 71.1 Å². The quantitative estimate of drug-likeness (QED) is 0.379. The summed E-state index contributed by atoms with van der Waals surface area (Å²) in [5, 5.41) is 13.3. The Kier molecular flexibility index (Phi) is 7.27. The van der Waals surface area contributed by atoms with Gasteiger partial charge in [-0.25, -0.2) is 9.67 Å². The standard InChI is InChI=1S/C25H26F6N6S/c1-15-18-5-3-2-4-17(18)13-32-22(33-15)19-14-38-23(34-19)16-6-8-36(9-7-16)10-11-37-21(25(29,30)31)12-20(35-37)24(26,27)28/h2-5,10-12,14-16,22,32-33H,6-9,13H2,1H3. The van der Waals surface area contributed by atoms with Crippen LogP contribution in [0.4, 0.5) is 26.3 Å². The normalized spacial score (nSPS) is 21.6. The molecule has 0 radical (unpaired) electrons. The number of fused-ring (bicyclic) bond motifs is 1. The van der Waals surface area contributed by atoms with Gasteiger partial charge >= 0.3 is 12.4 Å². The van der Waals surface area contributed by atoms with Crippen molar-refractivity contribution in [3.63, 3.8) is 0 Å². The Bertz CT molecular complexity index is 1290. The van der Waals surface area contributed by atoms with Gasteiger partial charge in [0.15, 0.2) is 5.69 Å². The van der Waals surface area contributed by atoms with Gasteiger partial charge < -0.3 is 4.90 Å². The smallest absolute Gasteiger partial charge is 0.376 e. The van der Waals surface area contributed by atoms with Crippen LogP contribution in [0.3, 0.4) is 0 Å². The average molecular weight is 557 g/mol. The molecule has 0 bridgehead atoms. The van der Waals surface area contributed by atoms with Gasteiger partial charge in [-0.05, 0) is 30.9 Å². The van der Waals surface area contributed by atoms with Gasteiger partial charge in [0.05, 0.1) is 10.7 Å². The molecule has 2 aromatic heterocycles. The van der Waals surface area contributed by atoms with E-state index in [1.807, 2.05) is 17.5 Å². The fourth-order valence-electron chi connectivity index (χ4n) is 4.85. The fraction of sp³-hybridized carbons (Fsp3) is 0.440. The second kappa shape index (κ2) is 10.3. The van der Waals surface area contributed by atoms with E-state index < -0.39 is 23.7 Å². The number of piperidine rings is 1. The number of hydrogen-bond acceptors (Lipinski definition) is 6. The van der Waals surface area contributed by atoms with Crippen LogP contribution in [-0.4, -0.2) is 32.8 Å². The van der Waals surface area contributed by atoms with Crippen LogP contribution < -0.4 is 10.6 Å². The molecule has 204 valence electrons. The highest BCUT2D eigenvalue weighted by molar-refractivity contribution is 7.09. The first kappa shape index (κ1) is 26.7. The molecule has 0 amide bonds. The number of nitrogens with one attached hydrogen (secondary N) is 2. The Morgan fingerprint density at radius 3 is 2.47 bits per heavy atom. The maximum atomic E-state index is 13.2. The molecule has 1 fully saturated rings. The van der Waals surface area contributed by atoms with Crippen molar-refractivity contribution in [1.29, 1.82) is 0 Å². The molecule has 2 unspecified atom stereocenters. The summed E-state index contributed by atoms with van der Waals surface area (Å²) < 4.78 is 78.6. The van der Waals surface area contributed by atoms with Crippen molar-refractivity contribution in [1.82, 2.24) is 30.3 Å². The number of likely N-dealkylation sites (tertiary alicyclic amines) is 1. The van der Waals surface area contributed by atoms with Gasteiger partial charge in [-0.15, -0.1) is 11.3 Å². The van der Waals surface area contributed by atoms with Crippen molar-refractivity contribution in [3.05, 3.63) is 75.1 Å². The molecule has 0 saturated carbocycles. The molecule has 4 heterocycles. The second-order valence-electron chi connectivity index (χ2n) is 9.47. The number of hydrogen-bond donors (Lipinski definition) is 2. The van der Waals surface area contributed by atoms with Gasteiger partial charge in [-0.3, -0.25) is 10.6 Å². The summed E-state index contributed by atoms with van der Waals surface area (Å²) in [4.78, 5) is 6.68. The molecule has 5 rings (SSSR count). The molecule has 2 aliphatic heterocycles. The first-order valence-corrected chi connectivity index (χ1v) is 13.1. The highest BCUT2D eigenvalue weighted by Gasteiger charge is 2.41. The first-order chi connectivity index (χ1) is 18.0. The molecule has 1 saturated heterocycles. The van der Waals surface area contributed by atoms with E-state index in [1.54, 1.807) is 16.2 Å². The van der Waals surface area contributed by atoms with Crippen molar-refractivity contribution in [2.45, 2.75) is 56.8 Å². The number of aromatic nitrogens is 3. The predicted molar refractivity (Wildman–Crippen MR) is 131 cm³/mol. The van der Waals surface area contributed by atoms with Crippen LogP contribution in [-0.2, 0) is 18.9 Å². The third-order valence-corrected chi connectivity index (χ3v) is 7.91. The van der Waals surface area contributed by atoms with Gasteiger partial charge in [0.25, 0.3) is 0 Å².